The lowest BCUT2D eigenvalue weighted by Crippen LogP contribution is -2.30. The Kier molecular flexibility index (Phi) is 10.4. The predicted molar refractivity (Wildman–Crippen MR) is 173 cm³/mol. The summed E-state index contributed by atoms with van der Waals surface area (Å²) >= 11 is 4.80. The Balaban J connectivity index is 1.36. The third kappa shape index (κ3) is 7.02. The van der Waals surface area contributed by atoms with E-state index in [9.17, 15) is 9.59 Å². The van der Waals surface area contributed by atoms with E-state index in [1.807, 2.05) is 72.7 Å². The first-order valence-corrected chi connectivity index (χ1v) is 16.3. The Bertz CT molecular complexity index is 1600. The minimum atomic E-state index is -0.336. The first-order valence-electron chi connectivity index (χ1n) is 14.5. The second kappa shape index (κ2) is 14.6. The molecule has 1 aliphatic heterocycles. The van der Waals surface area contributed by atoms with Gasteiger partial charge in [-0.15, -0.1) is 10.2 Å². The molecule has 3 aromatic carbocycles. The molecule has 0 spiro atoms. The lowest BCUT2D eigenvalue weighted by atomic mass is 10.1. The zero-order valence-corrected chi connectivity index (χ0v) is 27.2. The minimum absolute atomic E-state index is 0.00543. The SMILES string of the molecule is CCOc1cc(C(=O)NCc2nnc(SCC(=O)N3CCc4ccccc43)n2-c2ccc(Br)cc2)cc(OCC)c1OCC. The normalized spacial score (nSPS) is 12.1. The summed E-state index contributed by atoms with van der Waals surface area (Å²) in [4.78, 5) is 28.4. The van der Waals surface area contributed by atoms with Crippen molar-refractivity contribution in [2.45, 2.75) is 38.9 Å². The van der Waals surface area contributed by atoms with Crippen LogP contribution >= 0.6 is 27.7 Å². The quantitative estimate of drug-likeness (QED) is 0.176. The van der Waals surface area contributed by atoms with Crippen molar-refractivity contribution >= 4 is 45.2 Å². The molecule has 2 amide bonds. The number of para-hydroxylation sites is 1. The van der Waals surface area contributed by atoms with Crippen molar-refractivity contribution in [3.63, 3.8) is 0 Å². The largest absolute Gasteiger partial charge is 0.490 e. The molecule has 2 heterocycles. The van der Waals surface area contributed by atoms with Gasteiger partial charge in [0.25, 0.3) is 5.91 Å². The monoisotopic (exact) mass is 679 g/mol. The van der Waals surface area contributed by atoms with Gasteiger partial charge < -0.3 is 24.4 Å². The topological polar surface area (TPSA) is 108 Å². The average Bonchev–Trinajstić information content (AvgIpc) is 3.65. The minimum Gasteiger partial charge on any atom is -0.490 e. The standard InChI is InChI=1S/C32H34BrN5O5S/c1-4-41-26-17-22(18-27(42-5-2)30(26)43-6-3)31(40)34-19-28-35-36-32(38(28)24-13-11-23(33)12-14-24)44-20-29(39)37-16-15-21-9-7-8-10-25(21)37/h7-14,17-18H,4-6,15-16,19-20H2,1-3H3,(H,34,40). The number of benzene rings is 3. The van der Waals surface area contributed by atoms with Gasteiger partial charge in [-0.2, -0.15) is 0 Å². The van der Waals surface area contributed by atoms with Crippen molar-refractivity contribution in [3.8, 4) is 22.9 Å². The number of nitrogens with one attached hydrogen (secondary N) is 1. The van der Waals surface area contributed by atoms with Gasteiger partial charge in [-0.05, 0) is 75.2 Å². The van der Waals surface area contributed by atoms with Crippen LogP contribution in [0.4, 0.5) is 5.69 Å². The van der Waals surface area contributed by atoms with E-state index in [4.69, 9.17) is 14.2 Å². The van der Waals surface area contributed by atoms with E-state index in [1.165, 1.54) is 17.3 Å². The second-order valence-corrected chi connectivity index (χ2v) is 11.6. The highest BCUT2D eigenvalue weighted by Crippen LogP contribution is 2.39. The van der Waals surface area contributed by atoms with E-state index >= 15 is 0 Å². The number of carbonyl (C=O) groups excluding carboxylic acids is 2. The van der Waals surface area contributed by atoms with E-state index in [0.717, 1.165) is 22.3 Å². The molecule has 1 N–H and O–H groups in total. The number of amides is 2. The van der Waals surface area contributed by atoms with Crippen LogP contribution in [0.5, 0.6) is 17.2 Å². The van der Waals surface area contributed by atoms with Gasteiger partial charge >= 0.3 is 0 Å². The summed E-state index contributed by atoms with van der Waals surface area (Å²) in [6.45, 7) is 7.60. The number of anilines is 1. The fourth-order valence-corrected chi connectivity index (χ4v) is 6.05. The predicted octanol–water partition coefficient (Wildman–Crippen LogP) is 5.84. The zero-order valence-electron chi connectivity index (χ0n) is 24.8. The van der Waals surface area contributed by atoms with Crippen LogP contribution in [0.1, 0.15) is 42.5 Å². The first-order chi connectivity index (χ1) is 21.4. The van der Waals surface area contributed by atoms with Gasteiger partial charge in [0.2, 0.25) is 11.7 Å². The van der Waals surface area contributed by atoms with Gasteiger partial charge in [0.15, 0.2) is 22.5 Å². The van der Waals surface area contributed by atoms with E-state index in [0.29, 0.717) is 60.2 Å². The number of nitrogens with zero attached hydrogens (tertiary/aromatic N) is 4. The summed E-state index contributed by atoms with van der Waals surface area (Å²) in [5, 5.41) is 12.3. The number of fused-ring (bicyclic) bond motifs is 1. The molecule has 5 rings (SSSR count). The van der Waals surface area contributed by atoms with Crippen molar-refractivity contribution < 1.29 is 23.8 Å². The highest BCUT2D eigenvalue weighted by molar-refractivity contribution is 9.10. The molecule has 0 saturated heterocycles. The molecule has 230 valence electrons. The maximum Gasteiger partial charge on any atom is 0.251 e. The number of hydrogen-bond acceptors (Lipinski definition) is 8. The number of hydrogen-bond donors (Lipinski definition) is 1. The third-order valence-corrected chi connectivity index (χ3v) is 8.32. The summed E-state index contributed by atoms with van der Waals surface area (Å²) in [6, 6.07) is 19.0. The zero-order chi connectivity index (χ0) is 31.1. The van der Waals surface area contributed by atoms with Gasteiger partial charge in [-0.3, -0.25) is 14.2 Å². The number of thioether (sulfide) groups is 1. The smallest absolute Gasteiger partial charge is 0.251 e. The fourth-order valence-electron chi connectivity index (χ4n) is 4.94. The Morgan fingerprint density at radius 3 is 2.30 bits per heavy atom. The van der Waals surface area contributed by atoms with E-state index in [2.05, 4.69) is 37.5 Å². The summed E-state index contributed by atoms with van der Waals surface area (Å²) in [7, 11) is 0. The average molecular weight is 681 g/mol. The molecule has 4 aromatic rings. The second-order valence-electron chi connectivity index (χ2n) is 9.71. The number of carbonyl (C=O) groups is 2. The molecule has 1 aromatic heterocycles. The maximum atomic E-state index is 13.4. The van der Waals surface area contributed by atoms with Gasteiger partial charge in [0, 0.05) is 28.0 Å². The highest BCUT2D eigenvalue weighted by Gasteiger charge is 2.25. The first kappa shape index (κ1) is 31.4. The fraction of sp³-hybridized carbons (Fsp3) is 0.312. The van der Waals surface area contributed by atoms with Crippen LogP contribution in [0.3, 0.4) is 0 Å². The van der Waals surface area contributed by atoms with Gasteiger partial charge in [0.1, 0.15) is 0 Å². The van der Waals surface area contributed by atoms with Crippen molar-refractivity contribution in [1.82, 2.24) is 20.1 Å². The van der Waals surface area contributed by atoms with Gasteiger partial charge in [-0.25, -0.2) is 0 Å². The van der Waals surface area contributed by atoms with Crippen molar-refractivity contribution in [1.29, 1.82) is 0 Å². The Morgan fingerprint density at radius 1 is 0.932 bits per heavy atom. The lowest BCUT2D eigenvalue weighted by molar-refractivity contribution is -0.116. The van der Waals surface area contributed by atoms with Crippen LogP contribution in [0.2, 0.25) is 0 Å². The molecule has 0 radical (unpaired) electrons. The van der Waals surface area contributed by atoms with Crippen LogP contribution < -0.4 is 24.4 Å². The van der Waals surface area contributed by atoms with Crippen LogP contribution in [0.25, 0.3) is 5.69 Å². The van der Waals surface area contributed by atoms with Crippen LogP contribution in [-0.2, 0) is 17.8 Å². The molecule has 12 heteroatoms. The molecular weight excluding hydrogens is 646 g/mol. The molecular formula is C32H34BrN5O5S. The number of halogens is 1. The molecule has 0 aliphatic carbocycles. The molecule has 1 aliphatic rings. The molecule has 10 nitrogen and oxygen atoms in total. The summed E-state index contributed by atoms with van der Waals surface area (Å²) in [5.41, 5.74) is 3.31. The van der Waals surface area contributed by atoms with Crippen LogP contribution in [0, 0.1) is 0 Å². The maximum absolute atomic E-state index is 13.4. The number of aromatic nitrogens is 3. The summed E-state index contributed by atoms with van der Waals surface area (Å²) in [5.74, 6) is 1.73. The Morgan fingerprint density at radius 2 is 1.61 bits per heavy atom. The molecule has 0 unspecified atom stereocenters. The van der Waals surface area contributed by atoms with Gasteiger partial charge in [0.05, 0.1) is 32.1 Å². The molecule has 44 heavy (non-hydrogen) atoms. The Hall–Kier alpha value is -4.03. The molecule has 0 bridgehead atoms. The van der Waals surface area contributed by atoms with Crippen molar-refractivity contribution in [2.24, 2.45) is 0 Å². The summed E-state index contributed by atoms with van der Waals surface area (Å²) < 4.78 is 20.1. The molecule has 0 saturated carbocycles. The van der Waals surface area contributed by atoms with Crippen LogP contribution in [-0.4, -0.2) is 58.7 Å². The summed E-state index contributed by atoms with van der Waals surface area (Å²) in [6.07, 6.45) is 0.845. The highest BCUT2D eigenvalue weighted by atomic mass is 79.9. The van der Waals surface area contributed by atoms with Crippen molar-refractivity contribution in [3.05, 3.63) is 82.1 Å². The lowest BCUT2D eigenvalue weighted by Gasteiger charge is -2.17. The van der Waals surface area contributed by atoms with E-state index in [1.54, 1.807) is 12.1 Å². The van der Waals surface area contributed by atoms with Crippen molar-refractivity contribution in [2.75, 3.05) is 37.0 Å². The third-order valence-electron chi connectivity index (χ3n) is 6.88. The number of rotatable bonds is 13. The van der Waals surface area contributed by atoms with E-state index in [-0.39, 0.29) is 24.1 Å². The van der Waals surface area contributed by atoms with Crippen LogP contribution in [0.15, 0.2) is 70.3 Å². The Labute approximate surface area is 269 Å². The number of ether oxygens (including phenoxy) is 3. The molecule has 0 fully saturated rings. The van der Waals surface area contributed by atoms with E-state index < -0.39 is 0 Å². The van der Waals surface area contributed by atoms with Gasteiger partial charge in [-0.1, -0.05) is 45.9 Å². The molecule has 0 atom stereocenters.